The van der Waals surface area contributed by atoms with Crippen molar-refractivity contribution in [3.05, 3.63) is 33.1 Å². The van der Waals surface area contributed by atoms with Gasteiger partial charge < -0.3 is 9.64 Å². The first-order chi connectivity index (χ1) is 9.95. The van der Waals surface area contributed by atoms with E-state index in [1.54, 1.807) is 0 Å². The lowest BCUT2D eigenvalue weighted by Gasteiger charge is -2.16. The monoisotopic (exact) mass is 313 g/mol. The number of carbonyl (C=O) groups is 2. The molecule has 1 fully saturated rings. The molecule has 8 nitrogen and oxygen atoms in total. The second-order valence-corrected chi connectivity index (χ2v) is 4.87. The molecule has 9 heteroatoms. The Morgan fingerprint density at radius 2 is 2.29 bits per heavy atom. The molecule has 0 N–H and O–H groups in total. The molecule has 1 aromatic rings. The molecule has 112 valence electrons. The lowest BCUT2D eigenvalue weighted by molar-refractivity contribution is -0.385. The van der Waals surface area contributed by atoms with Crippen molar-refractivity contribution in [3.63, 3.8) is 0 Å². The van der Waals surface area contributed by atoms with Crippen molar-refractivity contribution in [2.75, 3.05) is 20.2 Å². The third-order valence-electron chi connectivity index (χ3n) is 3.30. The van der Waals surface area contributed by atoms with Crippen LogP contribution < -0.4 is 0 Å². The Hall–Kier alpha value is -2.22. The average Bonchev–Trinajstić information content (AvgIpc) is 2.94. The van der Waals surface area contributed by atoms with Gasteiger partial charge in [-0.1, -0.05) is 11.6 Å². The van der Waals surface area contributed by atoms with Gasteiger partial charge in [0.05, 0.1) is 18.0 Å². The Morgan fingerprint density at radius 1 is 1.57 bits per heavy atom. The number of nitrogens with zero attached hydrogens (tertiary/aromatic N) is 3. The molecule has 1 amide bonds. The van der Waals surface area contributed by atoms with Gasteiger partial charge in [-0.3, -0.25) is 19.7 Å². The minimum Gasteiger partial charge on any atom is -0.469 e. The summed E-state index contributed by atoms with van der Waals surface area (Å²) >= 11 is 5.68. The van der Waals surface area contributed by atoms with Crippen LogP contribution in [0.1, 0.15) is 16.8 Å². The number of esters is 1. The third-order valence-corrected chi connectivity index (χ3v) is 3.58. The Labute approximate surface area is 124 Å². The fraction of sp³-hybridized carbons (Fsp3) is 0.417. The molecule has 0 aromatic carbocycles. The summed E-state index contributed by atoms with van der Waals surface area (Å²) in [5, 5.41) is 10.7. The zero-order valence-electron chi connectivity index (χ0n) is 11.1. The van der Waals surface area contributed by atoms with E-state index in [0.29, 0.717) is 13.0 Å². The summed E-state index contributed by atoms with van der Waals surface area (Å²) in [6, 6.07) is 1.25. The van der Waals surface area contributed by atoms with Crippen LogP contribution in [0, 0.1) is 16.0 Å². The van der Waals surface area contributed by atoms with E-state index in [9.17, 15) is 19.7 Å². The molecule has 0 bridgehead atoms. The van der Waals surface area contributed by atoms with E-state index in [-0.39, 0.29) is 17.3 Å². The topological polar surface area (TPSA) is 103 Å². The average molecular weight is 314 g/mol. The number of amides is 1. The Kier molecular flexibility index (Phi) is 4.37. The minimum atomic E-state index is -0.740. The molecule has 0 saturated carbocycles. The first-order valence-corrected chi connectivity index (χ1v) is 6.49. The molecule has 21 heavy (non-hydrogen) atoms. The van der Waals surface area contributed by atoms with E-state index >= 15 is 0 Å². The molecule has 2 heterocycles. The van der Waals surface area contributed by atoms with Gasteiger partial charge in [0, 0.05) is 19.3 Å². The van der Waals surface area contributed by atoms with Gasteiger partial charge in [0.15, 0.2) is 0 Å². The van der Waals surface area contributed by atoms with E-state index in [4.69, 9.17) is 11.6 Å². The first kappa shape index (κ1) is 15.2. The highest BCUT2D eigenvalue weighted by molar-refractivity contribution is 6.32. The predicted molar refractivity (Wildman–Crippen MR) is 71.9 cm³/mol. The van der Waals surface area contributed by atoms with Gasteiger partial charge in [0.1, 0.15) is 5.56 Å². The van der Waals surface area contributed by atoms with E-state index < -0.39 is 28.4 Å². The highest BCUT2D eigenvalue weighted by atomic mass is 35.5. The quantitative estimate of drug-likeness (QED) is 0.360. The van der Waals surface area contributed by atoms with Crippen LogP contribution >= 0.6 is 11.6 Å². The number of rotatable bonds is 3. The van der Waals surface area contributed by atoms with E-state index in [0.717, 1.165) is 0 Å². The maximum atomic E-state index is 12.4. The molecule has 1 unspecified atom stereocenters. The summed E-state index contributed by atoms with van der Waals surface area (Å²) in [6.07, 6.45) is 1.70. The van der Waals surface area contributed by atoms with Crippen LogP contribution in [0.3, 0.4) is 0 Å². The Balaban J connectivity index is 2.24. The summed E-state index contributed by atoms with van der Waals surface area (Å²) < 4.78 is 4.63. The second-order valence-electron chi connectivity index (χ2n) is 4.51. The molecule has 1 atom stereocenters. The van der Waals surface area contributed by atoms with Gasteiger partial charge in [-0.15, -0.1) is 0 Å². The fourth-order valence-corrected chi connectivity index (χ4v) is 2.48. The smallest absolute Gasteiger partial charge is 0.319 e. The summed E-state index contributed by atoms with van der Waals surface area (Å²) in [5.41, 5.74) is -0.656. The molecule has 1 saturated heterocycles. The third kappa shape index (κ3) is 2.94. The molecular weight excluding hydrogens is 302 g/mol. The van der Waals surface area contributed by atoms with Crippen LogP contribution in [0.2, 0.25) is 5.15 Å². The van der Waals surface area contributed by atoms with Crippen molar-refractivity contribution in [1.29, 1.82) is 0 Å². The normalized spacial score (nSPS) is 17.6. The van der Waals surface area contributed by atoms with Crippen molar-refractivity contribution in [3.8, 4) is 0 Å². The first-order valence-electron chi connectivity index (χ1n) is 6.11. The lowest BCUT2D eigenvalue weighted by Crippen LogP contribution is -2.30. The summed E-state index contributed by atoms with van der Waals surface area (Å²) in [5.74, 6) is -1.35. The lowest BCUT2D eigenvalue weighted by atomic mass is 10.1. The molecule has 0 aliphatic carbocycles. The Morgan fingerprint density at radius 3 is 2.90 bits per heavy atom. The summed E-state index contributed by atoms with van der Waals surface area (Å²) in [4.78, 5) is 39.1. The van der Waals surface area contributed by atoms with E-state index in [2.05, 4.69) is 9.72 Å². The van der Waals surface area contributed by atoms with Gasteiger partial charge in [-0.2, -0.15) is 0 Å². The molecule has 1 aliphatic rings. The number of hydrogen-bond donors (Lipinski definition) is 0. The van der Waals surface area contributed by atoms with Crippen LogP contribution in [-0.4, -0.2) is 46.9 Å². The molecule has 0 spiro atoms. The van der Waals surface area contributed by atoms with E-state index in [1.165, 1.54) is 24.3 Å². The van der Waals surface area contributed by atoms with Crippen LogP contribution in [0.15, 0.2) is 12.3 Å². The van der Waals surface area contributed by atoms with Gasteiger partial charge in [-0.05, 0) is 12.5 Å². The number of halogens is 1. The van der Waals surface area contributed by atoms with Crippen molar-refractivity contribution in [1.82, 2.24) is 9.88 Å². The second kappa shape index (κ2) is 6.04. The maximum absolute atomic E-state index is 12.4. The fourth-order valence-electron chi connectivity index (χ4n) is 2.25. The standard InChI is InChI=1S/C12H12ClN3O5/c1-21-12(18)7-3-5-15(6-7)11(17)8-2-4-14-10(13)9(8)16(19)20/h2,4,7H,3,5-6H2,1H3. The molecule has 0 radical (unpaired) electrons. The maximum Gasteiger partial charge on any atom is 0.319 e. The highest BCUT2D eigenvalue weighted by Crippen LogP contribution is 2.29. The zero-order valence-corrected chi connectivity index (χ0v) is 11.9. The van der Waals surface area contributed by atoms with Gasteiger partial charge in [0.25, 0.3) is 5.91 Å². The summed E-state index contributed by atoms with van der Waals surface area (Å²) in [7, 11) is 1.28. The van der Waals surface area contributed by atoms with Crippen molar-refractivity contribution >= 4 is 29.2 Å². The number of pyridine rings is 1. The SMILES string of the molecule is COC(=O)C1CCN(C(=O)c2ccnc(Cl)c2[N+](=O)[O-])C1. The van der Waals surface area contributed by atoms with Gasteiger partial charge >= 0.3 is 11.7 Å². The molecule has 2 rings (SSSR count). The van der Waals surface area contributed by atoms with Crippen LogP contribution in [0.5, 0.6) is 0 Å². The number of nitro groups is 1. The number of likely N-dealkylation sites (tertiary alicyclic amines) is 1. The number of carbonyl (C=O) groups excluding carboxylic acids is 2. The largest absolute Gasteiger partial charge is 0.469 e. The van der Waals surface area contributed by atoms with Crippen molar-refractivity contribution < 1.29 is 19.2 Å². The molecule has 1 aliphatic heterocycles. The Bertz CT molecular complexity index is 607. The predicted octanol–water partition coefficient (Wildman–Crippen LogP) is 1.28. The highest BCUT2D eigenvalue weighted by Gasteiger charge is 2.35. The van der Waals surface area contributed by atoms with Crippen molar-refractivity contribution in [2.45, 2.75) is 6.42 Å². The zero-order chi connectivity index (χ0) is 15.6. The van der Waals surface area contributed by atoms with Crippen LogP contribution in [0.25, 0.3) is 0 Å². The van der Waals surface area contributed by atoms with Gasteiger partial charge in [-0.25, -0.2) is 4.98 Å². The molecule has 1 aromatic heterocycles. The van der Waals surface area contributed by atoms with Crippen LogP contribution in [0.4, 0.5) is 5.69 Å². The van der Waals surface area contributed by atoms with Crippen LogP contribution in [-0.2, 0) is 9.53 Å². The number of ether oxygens (including phenoxy) is 1. The number of methoxy groups -OCH3 is 1. The summed E-state index contributed by atoms with van der Waals surface area (Å²) in [6.45, 7) is 0.498. The van der Waals surface area contributed by atoms with E-state index in [1.807, 2.05) is 0 Å². The number of hydrogen-bond acceptors (Lipinski definition) is 6. The van der Waals surface area contributed by atoms with Crippen molar-refractivity contribution in [2.24, 2.45) is 5.92 Å². The molecular formula is C12H12ClN3O5. The van der Waals surface area contributed by atoms with Gasteiger partial charge in [0.2, 0.25) is 5.15 Å². The number of aromatic nitrogens is 1. The minimum absolute atomic E-state index is 0.134.